The van der Waals surface area contributed by atoms with Crippen molar-refractivity contribution in [1.82, 2.24) is 10.2 Å². The lowest BCUT2D eigenvalue weighted by Crippen LogP contribution is -2.36. The zero-order valence-corrected chi connectivity index (χ0v) is 14.2. The van der Waals surface area contributed by atoms with Crippen LogP contribution in [0.2, 0.25) is 0 Å². The summed E-state index contributed by atoms with van der Waals surface area (Å²) in [5.41, 5.74) is 1.33. The van der Waals surface area contributed by atoms with Crippen LogP contribution in [0, 0.1) is 5.82 Å². The molecule has 0 radical (unpaired) electrons. The number of hydrogen-bond donors (Lipinski definition) is 1. The van der Waals surface area contributed by atoms with E-state index in [9.17, 15) is 14.0 Å². The first-order valence-corrected chi connectivity index (χ1v) is 7.86. The Morgan fingerprint density at radius 1 is 1.24 bits per heavy atom. The van der Waals surface area contributed by atoms with Crippen molar-refractivity contribution in [2.75, 3.05) is 27.2 Å². The van der Waals surface area contributed by atoms with Crippen LogP contribution in [0.25, 0.3) is 0 Å². The summed E-state index contributed by atoms with van der Waals surface area (Å²) in [7, 11) is 3.74. The van der Waals surface area contributed by atoms with Crippen LogP contribution in [0.15, 0.2) is 48.5 Å². The Kier molecular flexibility index (Phi) is 6.65. The second kappa shape index (κ2) is 8.94. The lowest BCUT2D eigenvalue weighted by molar-refractivity contribution is -0.123. The Hall–Kier alpha value is -2.73. The predicted molar refractivity (Wildman–Crippen MR) is 93.2 cm³/mol. The molecule has 2 aromatic rings. The van der Waals surface area contributed by atoms with Crippen molar-refractivity contribution in [3.05, 3.63) is 65.5 Å². The maximum Gasteiger partial charge on any atom is 0.258 e. The second-order valence-corrected chi connectivity index (χ2v) is 5.81. The summed E-state index contributed by atoms with van der Waals surface area (Å²) < 4.78 is 18.8. The molecule has 0 saturated heterocycles. The maximum atomic E-state index is 13.4. The number of nitrogens with one attached hydrogen (secondary N) is 1. The molecule has 1 amide bonds. The number of carbonyl (C=O) groups is 2. The number of benzene rings is 2. The van der Waals surface area contributed by atoms with E-state index in [0.29, 0.717) is 17.9 Å². The molecule has 1 unspecified atom stereocenters. The largest absolute Gasteiger partial charge is 0.484 e. The molecule has 0 aliphatic rings. The molecule has 2 aromatic carbocycles. The number of nitrogens with zero attached hydrogens (tertiary/aromatic N) is 1. The minimum atomic E-state index is -0.308. The van der Waals surface area contributed by atoms with E-state index in [1.165, 1.54) is 12.1 Å². The van der Waals surface area contributed by atoms with Crippen LogP contribution in [-0.2, 0) is 4.79 Å². The second-order valence-electron chi connectivity index (χ2n) is 5.81. The third-order valence-corrected chi connectivity index (χ3v) is 3.74. The van der Waals surface area contributed by atoms with Crippen molar-refractivity contribution in [1.29, 1.82) is 0 Å². The van der Waals surface area contributed by atoms with Crippen LogP contribution < -0.4 is 10.1 Å². The minimum Gasteiger partial charge on any atom is -0.484 e. The maximum absolute atomic E-state index is 13.4. The van der Waals surface area contributed by atoms with E-state index >= 15 is 0 Å². The smallest absolute Gasteiger partial charge is 0.258 e. The van der Waals surface area contributed by atoms with Gasteiger partial charge in [-0.3, -0.25) is 9.59 Å². The zero-order valence-electron chi connectivity index (χ0n) is 14.2. The van der Waals surface area contributed by atoms with Gasteiger partial charge in [-0.15, -0.1) is 0 Å². The molecule has 2 rings (SSSR count). The van der Waals surface area contributed by atoms with Gasteiger partial charge in [-0.25, -0.2) is 4.39 Å². The highest BCUT2D eigenvalue weighted by atomic mass is 19.1. The van der Waals surface area contributed by atoms with Crippen molar-refractivity contribution in [2.24, 2.45) is 0 Å². The Bertz CT molecular complexity index is 717. The Morgan fingerprint density at radius 2 is 1.96 bits per heavy atom. The molecule has 0 bridgehead atoms. The van der Waals surface area contributed by atoms with Crippen LogP contribution in [0.1, 0.15) is 22.0 Å². The minimum absolute atomic E-state index is 0.135. The molecule has 1 N–H and O–H groups in total. The van der Waals surface area contributed by atoms with E-state index in [2.05, 4.69) is 5.32 Å². The van der Waals surface area contributed by atoms with E-state index < -0.39 is 0 Å². The van der Waals surface area contributed by atoms with Crippen molar-refractivity contribution >= 4 is 12.2 Å². The number of ether oxygens (including phenoxy) is 1. The molecule has 0 saturated carbocycles. The molecule has 1 atom stereocenters. The number of carbonyl (C=O) groups excluding carboxylic acids is 2. The summed E-state index contributed by atoms with van der Waals surface area (Å²) in [6, 6.07) is 12.7. The van der Waals surface area contributed by atoms with Crippen molar-refractivity contribution < 1.29 is 18.7 Å². The molecule has 0 heterocycles. The molecule has 132 valence electrons. The van der Waals surface area contributed by atoms with E-state index in [0.717, 1.165) is 11.8 Å². The predicted octanol–water partition coefficient (Wildman–Crippen LogP) is 2.44. The van der Waals surface area contributed by atoms with E-state index in [-0.39, 0.29) is 24.4 Å². The van der Waals surface area contributed by atoms with Crippen molar-refractivity contribution in [3.8, 4) is 5.75 Å². The molecular weight excluding hydrogens is 323 g/mol. The monoisotopic (exact) mass is 344 g/mol. The van der Waals surface area contributed by atoms with Gasteiger partial charge in [0.25, 0.3) is 5.91 Å². The van der Waals surface area contributed by atoms with Crippen LogP contribution in [0.4, 0.5) is 4.39 Å². The number of rotatable bonds is 8. The zero-order chi connectivity index (χ0) is 18.2. The SMILES string of the molecule is CN(C)C(CNC(=O)COc1ccc(C=O)cc1)c1cccc(F)c1. The van der Waals surface area contributed by atoms with Gasteiger partial charge in [0.15, 0.2) is 6.61 Å². The fourth-order valence-corrected chi connectivity index (χ4v) is 2.37. The van der Waals surface area contributed by atoms with Crippen LogP contribution in [0.5, 0.6) is 5.75 Å². The fourth-order valence-electron chi connectivity index (χ4n) is 2.37. The third kappa shape index (κ3) is 5.69. The van der Waals surface area contributed by atoms with E-state index in [1.807, 2.05) is 25.1 Å². The molecule has 0 aliphatic heterocycles. The first-order chi connectivity index (χ1) is 12.0. The van der Waals surface area contributed by atoms with Gasteiger partial charge in [0, 0.05) is 12.1 Å². The summed E-state index contributed by atoms with van der Waals surface area (Å²) in [6.07, 6.45) is 0.740. The van der Waals surface area contributed by atoms with Gasteiger partial charge in [0.05, 0.1) is 6.04 Å². The standard InChI is InChI=1S/C19H21FN2O3/c1-22(2)18(15-4-3-5-16(20)10-15)11-21-19(24)13-25-17-8-6-14(12-23)7-9-17/h3-10,12,18H,11,13H2,1-2H3,(H,21,24). The summed E-state index contributed by atoms with van der Waals surface area (Å²) in [5.74, 6) is -0.0736. The van der Waals surface area contributed by atoms with Crippen molar-refractivity contribution in [2.45, 2.75) is 6.04 Å². The number of amides is 1. The van der Waals surface area contributed by atoms with E-state index in [1.54, 1.807) is 30.3 Å². The normalized spacial score (nSPS) is 11.8. The Balaban J connectivity index is 1.87. The highest BCUT2D eigenvalue weighted by molar-refractivity contribution is 5.77. The summed E-state index contributed by atoms with van der Waals surface area (Å²) in [6.45, 7) is 0.201. The summed E-state index contributed by atoms with van der Waals surface area (Å²) in [4.78, 5) is 24.5. The third-order valence-electron chi connectivity index (χ3n) is 3.74. The highest BCUT2D eigenvalue weighted by Gasteiger charge is 2.16. The van der Waals surface area contributed by atoms with Gasteiger partial charge in [-0.2, -0.15) is 0 Å². The van der Waals surface area contributed by atoms with Gasteiger partial charge in [-0.1, -0.05) is 12.1 Å². The topological polar surface area (TPSA) is 58.6 Å². The fraction of sp³-hybridized carbons (Fsp3) is 0.263. The lowest BCUT2D eigenvalue weighted by atomic mass is 10.1. The highest BCUT2D eigenvalue weighted by Crippen LogP contribution is 2.18. The van der Waals surface area contributed by atoms with Gasteiger partial charge in [0.2, 0.25) is 0 Å². The van der Waals surface area contributed by atoms with Crippen LogP contribution >= 0.6 is 0 Å². The van der Waals surface area contributed by atoms with E-state index in [4.69, 9.17) is 4.74 Å². The lowest BCUT2D eigenvalue weighted by Gasteiger charge is -2.25. The quantitative estimate of drug-likeness (QED) is 0.747. The number of halogens is 1. The number of likely N-dealkylation sites (N-methyl/N-ethyl adjacent to an activating group) is 1. The molecule has 25 heavy (non-hydrogen) atoms. The average molecular weight is 344 g/mol. The summed E-state index contributed by atoms with van der Waals surface area (Å²) >= 11 is 0. The first-order valence-electron chi connectivity index (χ1n) is 7.86. The summed E-state index contributed by atoms with van der Waals surface area (Å²) in [5, 5.41) is 2.79. The molecule has 5 nitrogen and oxygen atoms in total. The average Bonchev–Trinajstić information content (AvgIpc) is 2.60. The molecule has 0 aromatic heterocycles. The van der Waals surface area contributed by atoms with Gasteiger partial charge < -0.3 is 15.0 Å². The van der Waals surface area contributed by atoms with Gasteiger partial charge >= 0.3 is 0 Å². The number of aldehydes is 1. The molecule has 0 spiro atoms. The molecule has 0 fully saturated rings. The Labute approximate surface area is 146 Å². The van der Waals surface area contributed by atoms with Crippen LogP contribution in [0.3, 0.4) is 0 Å². The first kappa shape index (κ1) is 18.6. The van der Waals surface area contributed by atoms with Gasteiger partial charge in [-0.05, 0) is 56.1 Å². The molecular formula is C19H21FN2O3. The number of hydrogen-bond acceptors (Lipinski definition) is 4. The molecule has 6 heteroatoms. The van der Waals surface area contributed by atoms with Gasteiger partial charge in [0.1, 0.15) is 17.9 Å². The molecule has 0 aliphatic carbocycles. The van der Waals surface area contributed by atoms with Crippen LogP contribution in [-0.4, -0.2) is 44.3 Å². The van der Waals surface area contributed by atoms with Crippen molar-refractivity contribution in [3.63, 3.8) is 0 Å². The Morgan fingerprint density at radius 3 is 2.56 bits per heavy atom.